The summed E-state index contributed by atoms with van der Waals surface area (Å²) in [5.74, 6) is -2.62. The van der Waals surface area contributed by atoms with E-state index in [-0.39, 0.29) is 17.4 Å². The van der Waals surface area contributed by atoms with Gasteiger partial charge in [-0.05, 0) is 44.9 Å². The molecule has 3 aliphatic heterocycles. The summed E-state index contributed by atoms with van der Waals surface area (Å²) in [6, 6.07) is 2.68. The molecule has 0 aromatic heterocycles. The molecule has 4 rings (SSSR count). The van der Waals surface area contributed by atoms with Crippen molar-refractivity contribution in [3.8, 4) is 5.75 Å². The second kappa shape index (κ2) is 14.9. The fourth-order valence-electron chi connectivity index (χ4n) is 6.29. The zero-order valence-electron chi connectivity index (χ0n) is 28.8. The molecule has 3 heterocycles. The maximum atomic E-state index is 14.5. The third-order valence-electron chi connectivity index (χ3n) is 9.49. The number of hydrogen-bond donors (Lipinski definition) is 2. The molecule has 0 saturated carbocycles. The standard InChI is InChI=1S/C34H46ClN3O10/c1-17-11-10-12-26(45-9)34(43)16-25(47-33(42)36-34)18(2)29-30(48-29)27(20(4)46-32(41)19(3)37(6)21(5)39)31(40)38(7)23-14-22(13-17)15-24(44-8)28(23)35/h10-12,14-15,18-20,25-27,29-30,43H,13,16H2,1-9H3,(H,36,42)/b12-10+,17-11+/t18-,19+,20-,25+,26-,27?,29-,30?,34+/m1/s1. The Balaban J connectivity index is 1.79. The van der Waals surface area contributed by atoms with Crippen molar-refractivity contribution in [3.63, 3.8) is 0 Å². The molecule has 0 spiro atoms. The first-order valence-electron chi connectivity index (χ1n) is 15.8. The van der Waals surface area contributed by atoms with Gasteiger partial charge in [-0.1, -0.05) is 42.3 Å². The zero-order valence-corrected chi connectivity index (χ0v) is 29.6. The smallest absolute Gasteiger partial charge is 0.409 e. The number of epoxide rings is 1. The van der Waals surface area contributed by atoms with E-state index in [1.807, 2.05) is 13.0 Å². The van der Waals surface area contributed by atoms with Gasteiger partial charge >= 0.3 is 12.1 Å². The van der Waals surface area contributed by atoms with Gasteiger partial charge in [0.15, 0.2) is 5.72 Å². The molecule has 4 bridgehead atoms. The Morgan fingerprint density at radius 2 is 1.90 bits per heavy atom. The summed E-state index contributed by atoms with van der Waals surface area (Å²) in [5, 5.41) is 14.3. The molecular formula is C34H46ClN3O10. The van der Waals surface area contributed by atoms with Crippen LogP contribution in [0.1, 0.15) is 46.6 Å². The summed E-state index contributed by atoms with van der Waals surface area (Å²) >= 11 is 6.76. The zero-order chi connectivity index (χ0) is 35.7. The summed E-state index contributed by atoms with van der Waals surface area (Å²) in [7, 11) is 5.98. The van der Waals surface area contributed by atoms with Crippen LogP contribution >= 0.6 is 11.6 Å². The van der Waals surface area contributed by atoms with Crippen molar-refractivity contribution in [3.05, 3.63) is 46.5 Å². The lowest BCUT2D eigenvalue weighted by Gasteiger charge is -2.42. The number of likely N-dealkylation sites (N-methyl/N-ethyl adjacent to an activating group) is 1. The summed E-state index contributed by atoms with van der Waals surface area (Å²) in [4.78, 5) is 54.9. The number of esters is 1. The maximum absolute atomic E-state index is 14.5. The van der Waals surface area contributed by atoms with Crippen LogP contribution in [0.15, 0.2) is 35.9 Å². The summed E-state index contributed by atoms with van der Waals surface area (Å²) in [6.45, 7) is 8.19. The van der Waals surface area contributed by atoms with Gasteiger partial charge in [-0.2, -0.15) is 0 Å². The number of carbonyl (C=O) groups excluding carboxylic acids is 4. The molecule has 3 aliphatic rings. The van der Waals surface area contributed by atoms with Crippen molar-refractivity contribution < 1.29 is 48.0 Å². The van der Waals surface area contributed by atoms with E-state index in [0.29, 0.717) is 17.9 Å². The minimum absolute atomic E-state index is 0.0318. The maximum Gasteiger partial charge on any atom is 0.409 e. The third kappa shape index (κ3) is 7.80. The van der Waals surface area contributed by atoms with E-state index >= 15 is 0 Å². The highest BCUT2D eigenvalue weighted by Gasteiger charge is 2.58. The largest absolute Gasteiger partial charge is 0.495 e. The van der Waals surface area contributed by atoms with E-state index in [0.717, 1.165) is 11.1 Å². The van der Waals surface area contributed by atoms with Gasteiger partial charge in [0.1, 0.15) is 41.0 Å². The van der Waals surface area contributed by atoms with Crippen molar-refractivity contribution in [2.45, 2.75) is 89.7 Å². The number of allylic oxidation sites excluding steroid dienone is 3. The molecule has 0 aliphatic carbocycles. The van der Waals surface area contributed by atoms with Gasteiger partial charge in [-0.3, -0.25) is 14.9 Å². The lowest BCUT2D eigenvalue weighted by molar-refractivity contribution is -0.160. The van der Waals surface area contributed by atoms with E-state index in [2.05, 4.69) is 5.32 Å². The van der Waals surface area contributed by atoms with Gasteiger partial charge in [-0.15, -0.1) is 0 Å². The van der Waals surface area contributed by atoms with E-state index < -0.39 is 72.1 Å². The molecule has 1 aromatic carbocycles. The highest BCUT2D eigenvalue weighted by molar-refractivity contribution is 6.35. The third-order valence-corrected chi connectivity index (χ3v) is 9.87. The van der Waals surface area contributed by atoms with E-state index in [4.69, 9.17) is 35.3 Å². The number of halogens is 1. The molecule has 14 heteroatoms. The van der Waals surface area contributed by atoms with Crippen molar-refractivity contribution in [1.82, 2.24) is 10.2 Å². The Bertz CT molecular complexity index is 1480. The van der Waals surface area contributed by atoms with Crippen LogP contribution in [0.25, 0.3) is 0 Å². The first-order chi connectivity index (χ1) is 22.5. The molecule has 2 N–H and O–H groups in total. The second-order valence-corrected chi connectivity index (χ2v) is 13.2. The van der Waals surface area contributed by atoms with Crippen molar-refractivity contribution >= 4 is 41.2 Å². The van der Waals surface area contributed by atoms with Crippen LogP contribution in [0, 0.1) is 11.8 Å². The normalized spacial score (nSPS) is 32.1. The minimum atomic E-state index is -1.80. The lowest BCUT2D eigenvalue weighted by Crippen LogP contribution is -2.63. The number of ether oxygens (including phenoxy) is 5. The Hall–Kier alpha value is -3.65. The van der Waals surface area contributed by atoms with Crippen molar-refractivity contribution in [1.29, 1.82) is 0 Å². The van der Waals surface area contributed by atoms with Crippen LogP contribution in [-0.4, -0.2) is 104 Å². The fourth-order valence-corrected chi connectivity index (χ4v) is 6.60. The molecule has 2 unspecified atom stereocenters. The Morgan fingerprint density at radius 1 is 1.21 bits per heavy atom. The molecule has 264 valence electrons. The molecule has 48 heavy (non-hydrogen) atoms. The number of alkyl carbamates (subject to hydrolysis) is 1. The molecule has 3 amide bonds. The van der Waals surface area contributed by atoms with E-state index in [9.17, 15) is 24.3 Å². The Labute approximate surface area is 286 Å². The number of anilines is 1. The van der Waals surface area contributed by atoms with Crippen LogP contribution in [-0.2, 0) is 39.8 Å². The Kier molecular flexibility index (Phi) is 11.5. The molecule has 0 radical (unpaired) electrons. The fraction of sp³-hybridized carbons (Fsp3) is 0.588. The summed E-state index contributed by atoms with van der Waals surface area (Å²) in [6.07, 6.45) is 0.767. The number of benzene rings is 1. The molecule has 2 fully saturated rings. The number of amides is 3. The van der Waals surface area contributed by atoms with E-state index in [1.54, 1.807) is 45.2 Å². The number of hydrogen-bond acceptors (Lipinski definition) is 10. The van der Waals surface area contributed by atoms with Gasteiger partial charge in [-0.25, -0.2) is 9.59 Å². The number of rotatable bonds is 6. The number of nitrogens with zero attached hydrogens (tertiary/aromatic N) is 2. The van der Waals surface area contributed by atoms with Gasteiger partial charge < -0.3 is 38.6 Å². The van der Waals surface area contributed by atoms with Crippen LogP contribution in [0.5, 0.6) is 5.75 Å². The van der Waals surface area contributed by atoms with Crippen molar-refractivity contribution in [2.75, 3.05) is 33.2 Å². The average molecular weight is 692 g/mol. The molecule has 1 aromatic rings. The Morgan fingerprint density at radius 3 is 2.52 bits per heavy atom. The van der Waals surface area contributed by atoms with Crippen LogP contribution in [0.2, 0.25) is 5.02 Å². The minimum Gasteiger partial charge on any atom is -0.495 e. The number of methoxy groups -OCH3 is 2. The van der Waals surface area contributed by atoms with Crippen LogP contribution in [0.3, 0.4) is 0 Å². The first-order valence-corrected chi connectivity index (χ1v) is 16.2. The number of nitrogens with one attached hydrogen (secondary N) is 1. The monoisotopic (exact) mass is 691 g/mol. The summed E-state index contributed by atoms with van der Waals surface area (Å²) < 4.78 is 28.7. The number of aliphatic hydroxyl groups is 1. The van der Waals surface area contributed by atoms with Crippen LogP contribution < -0.4 is 15.0 Å². The molecule has 9 atom stereocenters. The van der Waals surface area contributed by atoms with Gasteiger partial charge in [0, 0.05) is 40.5 Å². The quantitative estimate of drug-likeness (QED) is 0.335. The number of fused-ring (bicyclic) bond motifs is 5. The number of carbonyl (C=O) groups is 4. The predicted molar refractivity (Wildman–Crippen MR) is 177 cm³/mol. The SMILES string of the molecule is COc1cc2cc(c1Cl)N(C)C(=O)C([C@@H](C)OC(=O)[C@H](C)N(C)C(C)=O)C1O[C@@H]1[C@H](C)[C@@H]1C[C@@](O)(NC(=O)O1)[C@H](OC)/C=C/C=C(\C)C2. The average Bonchev–Trinajstić information content (AvgIpc) is 3.81. The van der Waals surface area contributed by atoms with Crippen LogP contribution in [0.4, 0.5) is 10.5 Å². The summed E-state index contributed by atoms with van der Waals surface area (Å²) in [5.41, 5.74) is 0.322. The lowest BCUT2D eigenvalue weighted by atomic mass is 9.85. The second-order valence-electron chi connectivity index (χ2n) is 12.9. The van der Waals surface area contributed by atoms with Crippen molar-refractivity contribution in [2.24, 2.45) is 11.8 Å². The molecule has 2 saturated heterocycles. The highest BCUT2D eigenvalue weighted by atomic mass is 35.5. The first kappa shape index (κ1) is 37.2. The van der Waals surface area contributed by atoms with E-state index in [1.165, 1.54) is 44.9 Å². The van der Waals surface area contributed by atoms with Gasteiger partial charge in [0.25, 0.3) is 0 Å². The molecule has 13 nitrogen and oxygen atoms in total. The highest BCUT2D eigenvalue weighted by Crippen LogP contribution is 2.44. The molecular weight excluding hydrogens is 646 g/mol. The van der Waals surface area contributed by atoms with Gasteiger partial charge in [0.2, 0.25) is 11.8 Å². The topological polar surface area (TPSA) is 156 Å². The van der Waals surface area contributed by atoms with Gasteiger partial charge in [0.05, 0.1) is 25.0 Å². The predicted octanol–water partition coefficient (Wildman–Crippen LogP) is 3.39.